The molecular weight excluding hydrogens is 206 g/mol. The van der Waals surface area contributed by atoms with Crippen molar-refractivity contribution in [1.29, 1.82) is 0 Å². The van der Waals surface area contributed by atoms with E-state index in [1.807, 2.05) is 27.7 Å². The summed E-state index contributed by atoms with van der Waals surface area (Å²) >= 11 is 0. The highest BCUT2D eigenvalue weighted by molar-refractivity contribution is 5.68. The molecule has 0 spiro atoms. The molecule has 1 atom stereocenters. The summed E-state index contributed by atoms with van der Waals surface area (Å²) in [6.45, 7) is 7.40. The number of allylic oxidation sites excluding steroid dienone is 1. The van der Waals surface area contributed by atoms with Crippen LogP contribution in [0.15, 0.2) is 11.3 Å². The Balaban J connectivity index is 2.42. The fourth-order valence-corrected chi connectivity index (χ4v) is 1.64. The van der Waals surface area contributed by atoms with Gasteiger partial charge in [0.05, 0.1) is 5.76 Å². The number of ether oxygens (including phenoxy) is 1. The van der Waals surface area contributed by atoms with Crippen molar-refractivity contribution >= 4 is 6.09 Å². The van der Waals surface area contributed by atoms with Crippen LogP contribution in [0.5, 0.6) is 0 Å². The van der Waals surface area contributed by atoms with Crippen molar-refractivity contribution in [2.75, 3.05) is 0 Å². The second-order valence-corrected chi connectivity index (χ2v) is 5.31. The molecule has 0 heterocycles. The fraction of sp³-hybridized carbons (Fsp3) is 0.750. The average Bonchev–Trinajstić information content (AvgIpc) is 2.08. The molecule has 0 radical (unpaired) electrons. The van der Waals surface area contributed by atoms with Crippen molar-refractivity contribution in [3.8, 4) is 0 Å². The zero-order chi connectivity index (χ0) is 12.3. The molecule has 0 unspecified atom stereocenters. The van der Waals surface area contributed by atoms with Crippen molar-refractivity contribution in [1.82, 2.24) is 5.32 Å². The zero-order valence-corrected chi connectivity index (χ0v) is 10.5. The number of hydrogen-bond acceptors (Lipinski definition) is 3. The molecule has 0 aromatic rings. The van der Waals surface area contributed by atoms with Crippen LogP contribution in [0, 0.1) is 0 Å². The lowest BCUT2D eigenvalue weighted by Gasteiger charge is -2.26. The second kappa shape index (κ2) is 4.76. The number of carbonyl (C=O) groups excluding carboxylic acids is 1. The van der Waals surface area contributed by atoms with Gasteiger partial charge >= 0.3 is 6.09 Å². The van der Waals surface area contributed by atoms with Gasteiger partial charge in [-0.3, -0.25) is 0 Å². The monoisotopic (exact) mass is 227 g/mol. The molecule has 2 N–H and O–H groups in total. The van der Waals surface area contributed by atoms with Crippen LogP contribution >= 0.6 is 0 Å². The van der Waals surface area contributed by atoms with Gasteiger partial charge < -0.3 is 15.2 Å². The molecule has 0 fully saturated rings. The summed E-state index contributed by atoms with van der Waals surface area (Å²) < 4.78 is 5.15. The van der Waals surface area contributed by atoms with Crippen LogP contribution in [0.2, 0.25) is 0 Å². The van der Waals surface area contributed by atoms with Crippen LogP contribution in [0.1, 0.15) is 47.0 Å². The maximum atomic E-state index is 11.5. The SMILES string of the molecule is CC1=C(O)C[C@H](NC(=O)OC(C)(C)C)CC1. The van der Waals surface area contributed by atoms with Crippen LogP contribution in [-0.2, 0) is 4.74 Å². The number of rotatable bonds is 1. The number of alkyl carbamates (subject to hydrolysis) is 1. The van der Waals surface area contributed by atoms with Gasteiger partial charge in [0.2, 0.25) is 0 Å². The number of aliphatic hydroxyl groups excluding tert-OH is 1. The first-order chi connectivity index (χ1) is 7.28. The summed E-state index contributed by atoms with van der Waals surface area (Å²) in [6.07, 6.45) is 1.77. The van der Waals surface area contributed by atoms with Crippen molar-refractivity contribution in [2.24, 2.45) is 0 Å². The lowest BCUT2D eigenvalue weighted by molar-refractivity contribution is 0.0497. The molecule has 0 saturated heterocycles. The standard InChI is InChI=1S/C12H21NO3/c1-8-5-6-9(7-10(8)14)13-11(15)16-12(2,3)4/h9,14H,5-7H2,1-4H3,(H,13,15)/t9-/m1/s1. The molecule has 0 aromatic carbocycles. The molecule has 1 aliphatic rings. The average molecular weight is 227 g/mol. The van der Waals surface area contributed by atoms with Crippen LogP contribution in [0.4, 0.5) is 4.79 Å². The third kappa shape index (κ3) is 4.13. The maximum Gasteiger partial charge on any atom is 0.407 e. The molecule has 1 aliphatic carbocycles. The van der Waals surface area contributed by atoms with Crippen LogP contribution in [-0.4, -0.2) is 22.8 Å². The summed E-state index contributed by atoms with van der Waals surface area (Å²) in [7, 11) is 0. The first kappa shape index (κ1) is 12.9. The Kier molecular flexibility index (Phi) is 3.83. The number of carbonyl (C=O) groups is 1. The van der Waals surface area contributed by atoms with E-state index in [1.165, 1.54) is 0 Å². The quantitative estimate of drug-likeness (QED) is 0.724. The molecule has 1 amide bonds. The lowest BCUT2D eigenvalue weighted by Crippen LogP contribution is -2.40. The highest BCUT2D eigenvalue weighted by Crippen LogP contribution is 2.23. The summed E-state index contributed by atoms with van der Waals surface area (Å²) in [5.74, 6) is 0.396. The molecule has 0 bridgehead atoms. The van der Waals surface area contributed by atoms with E-state index >= 15 is 0 Å². The molecular formula is C12H21NO3. The number of hydrogen-bond donors (Lipinski definition) is 2. The van der Waals surface area contributed by atoms with Crippen molar-refractivity contribution in [3.05, 3.63) is 11.3 Å². The molecule has 16 heavy (non-hydrogen) atoms. The molecule has 1 rings (SSSR count). The topological polar surface area (TPSA) is 58.6 Å². The number of nitrogens with one attached hydrogen (secondary N) is 1. The normalized spacial score (nSPS) is 21.9. The Bertz CT molecular complexity index is 302. The molecule has 4 heteroatoms. The van der Waals surface area contributed by atoms with Crippen LogP contribution < -0.4 is 5.32 Å². The molecule has 0 aromatic heterocycles. The Morgan fingerprint density at radius 3 is 2.62 bits per heavy atom. The van der Waals surface area contributed by atoms with Crippen molar-refractivity contribution in [3.63, 3.8) is 0 Å². The van der Waals surface area contributed by atoms with Gasteiger partial charge in [-0.15, -0.1) is 0 Å². The smallest absolute Gasteiger partial charge is 0.407 e. The van der Waals surface area contributed by atoms with Crippen molar-refractivity contribution in [2.45, 2.75) is 58.6 Å². The summed E-state index contributed by atoms with van der Waals surface area (Å²) in [4.78, 5) is 11.5. The minimum atomic E-state index is -0.480. The third-order valence-corrected chi connectivity index (χ3v) is 2.52. The fourth-order valence-electron chi connectivity index (χ4n) is 1.64. The van der Waals surface area contributed by atoms with Gasteiger partial charge in [0.15, 0.2) is 0 Å². The van der Waals surface area contributed by atoms with E-state index in [0.717, 1.165) is 18.4 Å². The largest absolute Gasteiger partial charge is 0.512 e. The highest BCUT2D eigenvalue weighted by atomic mass is 16.6. The minimum Gasteiger partial charge on any atom is -0.512 e. The second-order valence-electron chi connectivity index (χ2n) is 5.31. The van der Waals surface area contributed by atoms with E-state index in [1.54, 1.807) is 0 Å². The van der Waals surface area contributed by atoms with E-state index in [4.69, 9.17) is 4.74 Å². The van der Waals surface area contributed by atoms with E-state index in [-0.39, 0.29) is 6.04 Å². The van der Waals surface area contributed by atoms with E-state index in [2.05, 4.69) is 5.32 Å². The van der Waals surface area contributed by atoms with Gasteiger partial charge in [0.25, 0.3) is 0 Å². The van der Waals surface area contributed by atoms with Crippen molar-refractivity contribution < 1.29 is 14.6 Å². The van der Waals surface area contributed by atoms with Gasteiger partial charge in [0, 0.05) is 12.5 Å². The van der Waals surface area contributed by atoms with Gasteiger partial charge in [-0.1, -0.05) is 0 Å². The van der Waals surface area contributed by atoms with Gasteiger partial charge in [-0.2, -0.15) is 0 Å². The van der Waals surface area contributed by atoms with Crippen LogP contribution in [0.3, 0.4) is 0 Å². The maximum absolute atomic E-state index is 11.5. The Labute approximate surface area is 96.7 Å². The Hall–Kier alpha value is -1.19. The predicted octanol–water partition coefficient (Wildman–Crippen LogP) is 2.90. The lowest BCUT2D eigenvalue weighted by atomic mass is 9.95. The highest BCUT2D eigenvalue weighted by Gasteiger charge is 2.23. The zero-order valence-electron chi connectivity index (χ0n) is 10.5. The molecule has 0 saturated carbocycles. The van der Waals surface area contributed by atoms with Gasteiger partial charge in [-0.05, 0) is 46.1 Å². The predicted molar refractivity (Wildman–Crippen MR) is 62.3 cm³/mol. The first-order valence-corrected chi connectivity index (χ1v) is 5.65. The Morgan fingerprint density at radius 1 is 1.50 bits per heavy atom. The molecule has 4 nitrogen and oxygen atoms in total. The van der Waals surface area contributed by atoms with E-state index < -0.39 is 11.7 Å². The third-order valence-electron chi connectivity index (χ3n) is 2.52. The molecule has 92 valence electrons. The summed E-state index contributed by atoms with van der Waals surface area (Å²) in [6, 6.07) is -0.0152. The van der Waals surface area contributed by atoms with Gasteiger partial charge in [-0.25, -0.2) is 4.79 Å². The number of aliphatic hydroxyl groups is 1. The van der Waals surface area contributed by atoms with Gasteiger partial charge in [0.1, 0.15) is 5.60 Å². The Morgan fingerprint density at radius 2 is 2.12 bits per heavy atom. The number of amides is 1. The summed E-state index contributed by atoms with van der Waals surface area (Å²) in [5.41, 5.74) is 0.536. The molecule has 0 aliphatic heterocycles. The first-order valence-electron chi connectivity index (χ1n) is 5.65. The minimum absolute atomic E-state index is 0.0152. The van der Waals surface area contributed by atoms with E-state index in [0.29, 0.717) is 12.2 Å². The summed E-state index contributed by atoms with van der Waals surface area (Å²) in [5, 5.41) is 12.4. The van der Waals surface area contributed by atoms with E-state index in [9.17, 15) is 9.90 Å². The van der Waals surface area contributed by atoms with Crippen LogP contribution in [0.25, 0.3) is 0 Å².